The number of ether oxygens (including phenoxy) is 5. The molecule has 9 nitrogen and oxygen atoms in total. The van der Waals surface area contributed by atoms with E-state index in [4.69, 9.17) is 23.7 Å². The minimum absolute atomic E-state index is 0.0892. The fraction of sp³-hybridized carbons (Fsp3) is 0.192. The van der Waals surface area contributed by atoms with Crippen molar-refractivity contribution in [3.63, 3.8) is 0 Å². The van der Waals surface area contributed by atoms with Gasteiger partial charge in [0.25, 0.3) is 5.91 Å². The quantitative estimate of drug-likeness (QED) is 0.457. The molecule has 0 unspecified atom stereocenters. The topological polar surface area (TPSA) is 109 Å². The summed E-state index contributed by atoms with van der Waals surface area (Å²) in [7, 11) is 5.51. The van der Waals surface area contributed by atoms with Crippen LogP contribution < -0.4 is 19.5 Å². The van der Waals surface area contributed by atoms with Gasteiger partial charge in [0.15, 0.2) is 11.5 Å². The van der Waals surface area contributed by atoms with Gasteiger partial charge in [-0.05, 0) is 48.5 Å². The summed E-state index contributed by atoms with van der Waals surface area (Å²) in [4.78, 5) is 37.0. The lowest BCUT2D eigenvalue weighted by Crippen LogP contribution is -2.15. The molecule has 182 valence electrons. The van der Waals surface area contributed by atoms with Crippen LogP contribution in [0.15, 0.2) is 60.7 Å². The minimum Gasteiger partial charge on any atom is -0.496 e. The van der Waals surface area contributed by atoms with E-state index in [1.165, 1.54) is 39.5 Å². The number of anilines is 1. The second kappa shape index (κ2) is 11.6. The molecule has 0 bridgehead atoms. The normalized spacial score (nSPS) is 10.2. The highest BCUT2D eigenvalue weighted by Gasteiger charge is 2.17. The average molecular weight is 479 g/mol. The molecule has 0 aliphatic rings. The summed E-state index contributed by atoms with van der Waals surface area (Å²) in [5, 5.41) is 2.70. The Morgan fingerprint density at radius 3 is 1.86 bits per heavy atom. The highest BCUT2D eigenvalue weighted by Crippen LogP contribution is 2.29. The predicted octanol–water partition coefficient (Wildman–Crippen LogP) is 4.11. The molecule has 0 atom stereocenters. The van der Waals surface area contributed by atoms with E-state index >= 15 is 0 Å². The van der Waals surface area contributed by atoms with Crippen LogP contribution in [0, 0.1) is 0 Å². The van der Waals surface area contributed by atoms with E-state index in [1.807, 2.05) is 12.1 Å². The zero-order valence-corrected chi connectivity index (χ0v) is 19.7. The zero-order chi connectivity index (χ0) is 25.4. The summed E-state index contributed by atoms with van der Waals surface area (Å²) in [6.45, 7) is 0.120. The summed E-state index contributed by atoms with van der Waals surface area (Å²) in [6.07, 6.45) is 0. The summed E-state index contributed by atoms with van der Waals surface area (Å²) < 4.78 is 26.0. The number of nitrogens with one attached hydrogen (secondary N) is 1. The largest absolute Gasteiger partial charge is 0.496 e. The first kappa shape index (κ1) is 25.1. The number of carbonyl (C=O) groups excluding carboxylic acids is 3. The number of esters is 2. The molecule has 0 saturated carbocycles. The Morgan fingerprint density at radius 2 is 1.29 bits per heavy atom. The molecule has 0 saturated heterocycles. The Morgan fingerprint density at radius 1 is 0.686 bits per heavy atom. The van der Waals surface area contributed by atoms with Crippen LogP contribution in [0.1, 0.15) is 36.6 Å². The average Bonchev–Trinajstić information content (AvgIpc) is 2.90. The Labute approximate surface area is 202 Å². The summed E-state index contributed by atoms with van der Waals surface area (Å²) in [6, 6.07) is 16.2. The standard InChI is InChI=1S/C26H25NO8/c1-31-21-10-9-16(11-19(21)15-35-23-8-6-5-7-22(23)32-2)24(28)27-20-13-17(25(29)33-3)12-18(14-20)26(30)34-4/h5-14H,15H2,1-4H3,(H,27,28). The Bertz CT molecular complexity index is 1200. The van der Waals surface area contributed by atoms with Crippen LogP contribution in [0.3, 0.4) is 0 Å². The van der Waals surface area contributed by atoms with Gasteiger partial charge in [0, 0.05) is 16.8 Å². The van der Waals surface area contributed by atoms with Crippen molar-refractivity contribution in [1.82, 2.24) is 0 Å². The number of amides is 1. The molecule has 0 spiro atoms. The Kier molecular flexibility index (Phi) is 8.29. The minimum atomic E-state index is -0.661. The lowest BCUT2D eigenvalue weighted by molar-refractivity contribution is 0.0599. The van der Waals surface area contributed by atoms with Crippen molar-refractivity contribution in [2.75, 3.05) is 33.8 Å². The SMILES string of the molecule is COC(=O)c1cc(NC(=O)c2ccc(OC)c(COc3ccccc3OC)c2)cc(C(=O)OC)c1. The number of carbonyl (C=O) groups is 3. The van der Waals surface area contributed by atoms with Crippen molar-refractivity contribution in [2.24, 2.45) is 0 Å². The van der Waals surface area contributed by atoms with E-state index in [-0.39, 0.29) is 23.4 Å². The molecule has 1 amide bonds. The maximum atomic E-state index is 13.0. The lowest BCUT2D eigenvalue weighted by atomic mass is 10.1. The number of methoxy groups -OCH3 is 4. The maximum Gasteiger partial charge on any atom is 0.337 e. The lowest BCUT2D eigenvalue weighted by Gasteiger charge is -2.14. The van der Waals surface area contributed by atoms with Crippen molar-refractivity contribution in [2.45, 2.75) is 6.61 Å². The first-order valence-corrected chi connectivity index (χ1v) is 10.5. The van der Waals surface area contributed by atoms with Crippen molar-refractivity contribution >= 4 is 23.5 Å². The number of hydrogen-bond donors (Lipinski definition) is 1. The van der Waals surface area contributed by atoms with Crippen LogP contribution >= 0.6 is 0 Å². The summed E-state index contributed by atoms with van der Waals surface area (Å²) >= 11 is 0. The van der Waals surface area contributed by atoms with Gasteiger partial charge in [-0.15, -0.1) is 0 Å². The summed E-state index contributed by atoms with van der Waals surface area (Å²) in [5.41, 5.74) is 1.34. The predicted molar refractivity (Wildman–Crippen MR) is 127 cm³/mol. The highest BCUT2D eigenvalue weighted by atomic mass is 16.5. The molecule has 3 rings (SSSR count). The number of rotatable bonds is 9. The first-order valence-electron chi connectivity index (χ1n) is 10.5. The van der Waals surface area contributed by atoms with Gasteiger partial charge in [0.2, 0.25) is 0 Å². The molecule has 0 aromatic heterocycles. The van der Waals surface area contributed by atoms with E-state index in [0.29, 0.717) is 28.4 Å². The van der Waals surface area contributed by atoms with Crippen molar-refractivity contribution in [1.29, 1.82) is 0 Å². The third-order valence-electron chi connectivity index (χ3n) is 5.03. The monoisotopic (exact) mass is 479 g/mol. The molecular weight excluding hydrogens is 454 g/mol. The molecule has 0 fully saturated rings. The smallest absolute Gasteiger partial charge is 0.337 e. The molecule has 3 aromatic carbocycles. The molecule has 0 aliphatic carbocycles. The highest BCUT2D eigenvalue weighted by molar-refractivity contribution is 6.06. The van der Waals surface area contributed by atoms with Crippen LogP contribution in [0.5, 0.6) is 17.2 Å². The van der Waals surface area contributed by atoms with Gasteiger partial charge in [-0.1, -0.05) is 12.1 Å². The van der Waals surface area contributed by atoms with E-state index in [0.717, 1.165) is 0 Å². The van der Waals surface area contributed by atoms with Crippen molar-refractivity contribution in [3.8, 4) is 17.2 Å². The van der Waals surface area contributed by atoms with Gasteiger partial charge < -0.3 is 29.0 Å². The molecule has 0 heterocycles. The fourth-order valence-corrected chi connectivity index (χ4v) is 3.30. The van der Waals surface area contributed by atoms with E-state index in [9.17, 15) is 14.4 Å². The van der Waals surface area contributed by atoms with Gasteiger partial charge in [-0.2, -0.15) is 0 Å². The van der Waals surface area contributed by atoms with Gasteiger partial charge in [0.05, 0.1) is 39.6 Å². The molecule has 9 heteroatoms. The van der Waals surface area contributed by atoms with Crippen LogP contribution in [-0.4, -0.2) is 46.3 Å². The third kappa shape index (κ3) is 6.08. The van der Waals surface area contributed by atoms with Crippen molar-refractivity contribution in [3.05, 3.63) is 82.9 Å². The molecule has 0 radical (unpaired) electrons. The molecule has 3 aromatic rings. The van der Waals surface area contributed by atoms with Gasteiger partial charge in [-0.3, -0.25) is 4.79 Å². The maximum absolute atomic E-state index is 13.0. The van der Waals surface area contributed by atoms with Crippen LogP contribution in [-0.2, 0) is 16.1 Å². The Hall–Kier alpha value is -4.53. The molecule has 0 aliphatic heterocycles. The van der Waals surface area contributed by atoms with Gasteiger partial charge in [-0.25, -0.2) is 9.59 Å². The number of benzene rings is 3. The first-order chi connectivity index (χ1) is 16.9. The van der Waals surface area contributed by atoms with Gasteiger partial charge in [0.1, 0.15) is 12.4 Å². The van der Waals surface area contributed by atoms with E-state index < -0.39 is 17.8 Å². The fourth-order valence-electron chi connectivity index (χ4n) is 3.30. The van der Waals surface area contributed by atoms with Crippen LogP contribution in [0.25, 0.3) is 0 Å². The van der Waals surface area contributed by atoms with E-state index in [2.05, 4.69) is 5.32 Å². The van der Waals surface area contributed by atoms with Gasteiger partial charge >= 0.3 is 11.9 Å². The zero-order valence-electron chi connectivity index (χ0n) is 19.7. The second-order valence-corrected chi connectivity index (χ2v) is 7.20. The number of hydrogen-bond acceptors (Lipinski definition) is 8. The van der Waals surface area contributed by atoms with Crippen LogP contribution in [0.4, 0.5) is 5.69 Å². The molecule has 1 N–H and O–H groups in total. The summed E-state index contributed by atoms with van der Waals surface area (Å²) in [5.74, 6) is -0.131. The third-order valence-corrected chi connectivity index (χ3v) is 5.03. The van der Waals surface area contributed by atoms with Crippen LogP contribution in [0.2, 0.25) is 0 Å². The second-order valence-electron chi connectivity index (χ2n) is 7.20. The molecule has 35 heavy (non-hydrogen) atoms. The number of para-hydroxylation sites is 2. The Balaban J connectivity index is 1.86. The molecular formula is C26H25NO8. The van der Waals surface area contributed by atoms with Crippen molar-refractivity contribution < 1.29 is 38.1 Å². The van der Waals surface area contributed by atoms with E-state index in [1.54, 1.807) is 37.4 Å².